The third-order valence-electron chi connectivity index (χ3n) is 9.77. The largest absolute Gasteiger partial charge is 0.472 e. The van der Waals surface area contributed by atoms with Crippen LogP contribution in [0.3, 0.4) is 0 Å². The Hall–Kier alpha value is -2.48. The lowest BCUT2D eigenvalue weighted by Crippen LogP contribution is -2.64. The van der Waals surface area contributed by atoms with Gasteiger partial charge in [-0.15, -0.1) is 0 Å². The van der Waals surface area contributed by atoms with E-state index in [0.717, 1.165) is 70.6 Å². The molecule has 0 spiro atoms. The predicted molar refractivity (Wildman–Crippen MR) is 239 cm³/mol. The number of carbonyl (C=O) groups is 1. The Kier molecular flexibility index (Phi) is 34.3. The predicted octanol–water partition coefficient (Wildman–Crippen LogP) is 8.97. The van der Waals surface area contributed by atoms with E-state index in [2.05, 4.69) is 80.7 Å². The third kappa shape index (κ3) is 28.9. The van der Waals surface area contributed by atoms with Gasteiger partial charge in [0.15, 0.2) is 0 Å². The quantitative estimate of drug-likeness (QED) is 0.0152. The summed E-state index contributed by atoms with van der Waals surface area (Å²) in [6.07, 6.45) is 36.7. The summed E-state index contributed by atoms with van der Waals surface area (Å²) >= 11 is 0. The van der Waals surface area contributed by atoms with Crippen molar-refractivity contribution in [1.29, 1.82) is 0 Å². The van der Waals surface area contributed by atoms with Gasteiger partial charge in [0.1, 0.15) is 42.7 Å². The highest BCUT2D eigenvalue weighted by atomic mass is 31.2. The molecule has 6 atom stereocenters. The van der Waals surface area contributed by atoms with Gasteiger partial charge in [-0.2, -0.15) is 0 Å². The van der Waals surface area contributed by atoms with Gasteiger partial charge in [-0.05, 0) is 77.0 Å². The average Bonchev–Trinajstić information content (AvgIpc) is 3.23. The van der Waals surface area contributed by atoms with Gasteiger partial charge in [0, 0.05) is 13.0 Å². The molecule has 0 aromatic heterocycles. The number of unbranched alkanes of at least 4 members (excludes halogenated alkanes) is 10. The Labute approximate surface area is 361 Å². The van der Waals surface area contributed by atoms with Crippen molar-refractivity contribution in [1.82, 2.24) is 0 Å². The minimum absolute atomic E-state index is 0.0571. The molecule has 0 radical (unpaired) electrons. The minimum Gasteiger partial charge on any atom is -0.457 e. The van der Waals surface area contributed by atoms with Gasteiger partial charge in [-0.3, -0.25) is 13.8 Å². The Morgan fingerprint density at radius 1 is 0.550 bits per heavy atom. The second kappa shape index (κ2) is 37.1. The average molecular weight is 867 g/mol. The number of hydrogen-bond acceptors (Lipinski definition) is 11. The van der Waals surface area contributed by atoms with E-state index < -0.39 is 63.1 Å². The molecule has 0 aromatic rings. The lowest BCUT2D eigenvalue weighted by Gasteiger charge is -2.41. The molecule has 344 valence electrons. The summed E-state index contributed by atoms with van der Waals surface area (Å²) in [5.41, 5.74) is 0. The van der Waals surface area contributed by atoms with E-state index >= 15 is 0 Å². The van der Waals surface area contributed by atoms with Gasteiger partial charge in [0.05, 0.1) is 13.2 Å². The van der Waals surface area contributed by atoms with E-state index in [9.17, 15) is 39.8 Å². The lowest BCUT2D eigenvalue weighted by atomic mass is 9.85. The summed E-state index contributed by atoms with van der Waals surface area (Å²) in [5.74, 6) is -0.564. The maximum atomic E-state index is 12.8. The van der Waals surface area contributed by atoms with Crippen molar-refractivity contribution < 1.29 is 58.3 Å². The minimum atomic E-state index is -5.04. The molecule has 0 amide bonds. The van der Waals surface area contributed by atoms with Crippen LogP contribution in [0.1, 0.15) is 142 Å². The van der Waals surface area contributed by atoms with Crippen LogP contribution < -0.4 is 0 Å². The van der Waals surface area contributed by atoms with Crippen molar-refractivity contribution in [2.75, 3.05) is 19.8 Å². The highest BCUT2D eigenvalue weighted by Gasteiger charge is 2.51. The zero-order valence-corrected chi connectivity index (χ0v) is 37.4. The van der Waals surface area contributed by atoms with Crippen LogP contribution in [-0.4, -0.2) is 98.9 Å². The van der Waals surface area contributed by atoms with E-state index in [1.165, 1.54) is 44.9 Å². The van der Waals surface area contributed by atoms with E-state index in [-0.39, 0.29) is 13.0 Å². The number of hydrogen-bond donors (Lipinski definition) is 6. The smallest absolute Gasteiger partial charge is 0.457 e. The number of allylic oxidation sites excluding steroid dienone is 14. The molecule has 6 unspecified atom stereocenters. The second-order valence-electron chi connectivity index (χ2n) is 15.2. The van der Waals surface area contributed by atoms with E-state index in [1.54, 1.807) is 0 Å². The van der Waals surface area contributed by atoms with Gasteiger partial charge in [0.2, 0.25) is 0 Å². The zero-order chi connectivity index (χ0) is 44.1. The van der Waals surface area contributed by atoms with Crippen molar-refractivity contribution in [3.63, 3.8) is 0 Å². The topological polar surface area (TPSA) is 192 Å². The second-order valence-corrected chi connectivity index (χ2v) is 16.6. The Morgan fingerprint density at radius 3 is 1.50 bits per heavy atom. The molecule has 0 saturated heterocycles. The van der Waals surface area contributed by atoms with Crippen molar-refractivity contribution in [3.05, 3.63) is 85.1 Å². The highest BCUT2D eigenvalue weighted by Crippen LogP contribution is 2.47. The molecular weight excluding hydrogens is 787 g/mol. The van der Waals surface area contributed by atoms with Crippen LogP contribution in [0.25, 0.3) is 0 Å². The number of carbonyl (C=O) groups excluding carboxylic acids is 1. The van der Waals surface area contributed by atoms with Gasteiger partial charge in [-0.1, -0.05) is 144 Å². The maximum absolute atomic E-state index is 12.8. The first-order valence-corrected chi connectivity index (χ1v) is 23.9. The normalized spacial score (nSPS) is 23.1. The molecule has 0 aromatic carbocycles. The Bertz CT molecular complexity index is 1310. The van der Waals surface area contributed by atoms with E-state index in [1.807, 2.05) is 18.2 Å². The maximum Gasteiger partial charge on any atom is 0.472 e. The number of esters is 1. The number of aliphatic hydroxyl groups excluding tert-OH is 5. The number of phosphoric ester groups is 1. The monoisotopic (exact) mass is 867 g/mol. The summed E-state index contributed by atoms with van der Waals surface area (Å²) in [6.45, 7) is 3.99. The van der Waals surface area contributed by atoms with Gasteiger partial charge >= 0.3 is 13.8 Å². The first-order chi connectivity index (χ1) is 29.0. The highest BCUT2D eigenvalue weighted by molar-refractivity contribution is 7.47. The third-order valence-corrected chi connectivity index (χ3v) is 10.8. The standard InChI is InChI=1S/C47H79O12P/c1-3-5-7-9-11-13-15-17-18-19-20-21-22-23-25-27-29-31-33-35-37-56-38-40(39-57-60(54,55)59-47-45(52)43(50)42(49)44(51)46(47)53)58-41(48)36-34-32-30-28-26-24-16-14-12-10-8-6-4-2/h6,8,11-14,17-18,20-21,24,26,30,32,40,42-47,49-53H,3-5,7,9-10,15-16,19,22-23,25,27-29,31,33-39H2,1-2H3,(H,54,55)/b8-6-,13-11-,14-12-,18-17-,21-20-,26-24-,32-30-. The van der Waals surface area contributed by atoms with Crippen molar-refractivity contribution in [3.8, 4) is 0 Å². The molecule has 0 bridgehead atoms. The number of phosphoric acid groups is 1. The van der Waals surface area contributed by atoms with Crippen LogP contribution in [0.5, 0.6) is 0 Å². The molecule has 1 aliphatic carbocycles. The van der Waals surface area contributed by atoms with E-state index in [0.29, 0.717) is 13.0 Å². The van der Waals surface area contributed by atoms with Gasteiger partial charge in [-0.25, -0.2) is 4.57 Å². The Morgan fingerprint density at radius 2 is 0.983 bits per heavy atom. The molecule has 6 N–H and O–H groups in total. The molecule has 60 heavy (non-hydrogen) atoms. The molecule has 1 rings (SSSR count). The van der Waals surface area contributed by atoms with Crippen LogP contribution in [0.4, 0.5) is 0 Å². The fourth-order valence-electron chi connectivity index (χ4n) is 6.20. The van der Waals surface area contributed by atoms with Crippen LogP contribution in [-0.2, 0) is 27.9 Å². The molecule has 1 aliphatic rings. The van der Waals surface area contributed by atoms with Gasteiger partial charge in [0.25, 0.3) is 0 Å². The van der Waals surface area contributed by atoms with Gasteiger partial charge < -0.3 is 39.9 Å². The number of rotatable bonds is 36. The summed E-state index contributed by atoms with van der Waals surface area (Å²) < 4.78 is 34.0. The van der Waals surface area contributed by atoms with Crippen LogP contribution in [0, 0.1) is 0 Å². The first-order valence-electron chi connectivity index (χ1n) is 22.4. The molecule has 1 saturated carbocycles. The fraction of sp³-hybridized carbons (Fsp3) is 0.681. The van der Waals surface area contributed by atoms with Crippen LogP contribution >= 0.6 is 7.82 Å². The van der Waals surface area contributed by atoms with Crippen LogP contribution in [0.15, 0.2) is 85.1 Å². The molecule has 0 heterocycles. The molecular formula is C47H79O12P. The SMILES string of the molecule is CC/C=C\C/C=C\C/C=C\C/C=C\CCC(=O)OC(COCCCCCCCCC/C=C\C/C=C\C/C=C\CCCCC)COP(=O)(O)OC1C(O)C(O)C(O)C(O)C1O. The molecule has 13 heteroatoms. The lowest BCUT2D eigenvalue weighted by molar-refractivity contribution is -0.220. The summed E-state index contributed by atoms with van der Waals surface area (Å²) in [5, 5.41) is 50.1. The summed E-state index contributed by atoms with van der Waals surface area (Å²) in [7, 11) is -5.04. The number of ether oxygens (including phenoxy) is 2. The molecule has 12 nitrogen and oxygen atoms in total. The van der Waals surface area contributed by atoms with Crippen molar-refractivity contribution in [2.45, 2.75) is 185 Å². The summed E-state index contributed by atoms with van der Waals surface area (Å²) in [6, 6.07) is 0. The number of aliphatic hydroxyl groups is 5. The molecule has 0 aliphatic heterocycles. The van der Waals surface area contributed by atoms with Crippen molar-refractivity contribution in [2.24, 2.45) is 0 Å². The zero-order valence-electron chi connectivity index (χ0n) is 36.5. The van der Waals surface area contributed by atoms with Crippen molar-refractivity contribution >= 4 is 13.8 Å². The van der Waals surface area contributed by atoms with Crippen LogP contribution in [0.2, 0.25) is 0 Å². The fourth-order valence-corrected chi connectivity index (χ4v) is 7.17. The first kappa shape index (κ1) is 55.5. The van der Waals surface area contributed by atoms with E-state index in [4.69, 9.17) is 18.5 Å². The Balaban J connectivity index is 2.44. The summed E-state index contributed by atoms with van der Waals surface area (Å²) in [4.78, 5) is 23.1. The molecule has 1 fully saturated rings.